The molecule has 27 heavy (non-hydrogen) atoms. The third-order valence-corrected chi connectivity index (χ3v) is 5.18. The number of nitrogens with zero attached hydrogens (tertiary/aromatic N) is 5. The molecule has 0 N–H and O–H groups in total. The highest BCUT2D eigenvalue weighted by atomic mass is 35.5. The molecule has 0 atom stereocenters. The predicted molar refractivity (Wildman–Crippen MR) is 100 cm³/mol. The standard InChI is InChI=1S/C19H22ClN5O2/c1-12(2)17-22-19(27-23-17)13-7-9-25(10-8-13)11-16-21-18(24-26-16)14-5-3-4-6-15(14)20/h3-6,12-13H,7-11H2,1-2H3. The van der Waals surface area contributed by atoms with Crippen molar-refractivity contribution in [1.29, 1.82) is 0 Å². The lowest BCUT2D eigenvalue weighted by Gasteiger charge is -2.28. The molecule has 4 rings (SSSR count). The first-order chi connectivity index (χ1) is 13.1. The zero-order valence-corrected chi connectivity index (χ0v) is 16.2. The van der Waals surface area contributed by atoms with Crippen LogP contribution in [-0.4, -0.2) is 38.3 Å². The topological polar surface area (TPSA) is 81.1 Å². The molecule has 1 aromatic carbocycles. The van der Waals surface area contributed by atoms with E-state index < -0.39 is 0 Å². The Morgan fingerprint density at radius 3 is 2.59 bits per heavy atom. The highest BCUT2D eigenvalue weighted by Gasteiger charge is 2.26. The highest BCUT2D eigenvalue weighted by molar-refractivity contribution is 6.33. The lowest BCUT2D eigenvalue weighted by molar-refractivity contribution is 0.168. The van der Waals surface area contributed by atoms with E-state index >= 15 is 0 Å². The molecule has 1 saturated heterocycles. The van der Waals surface area contributed by atoms with Gasteiger partial charge in [0.05, 0.1) is 11.6 Å². The van der Waals surface area contributed by atoms with Crippen LogP contribution in [0.1, 0.15) is 56.1 Å². The van der Waals surface area contributed by atoms with Crippen molar-refractivity contribution >= 4 is 11.6 Å². The van der Waals surface area contributed by atoms with Gasteiger partial charge in [-0.1, -0.05) is 47.9 Å². The summed E-state index contributed by atoms with van der Waals surface area (Å²) in [5.41, 5.74) is 0.783. The molecule has 1 aliphatic rings. The van der Waals surface area contributed by atoms with Crippen LogP contribution in [-0.2, 0) is 6.54 Å². The Labute approximate surface area is 162 Å². The van der Waals surface area contributed by atoms with E-state index in [4.69, 9.17) is 20.6 Å². The Morgan fingerprint density at radius 1 is 1.11 bits per heavy atom. The van der Waals surface area contributed by atoms with Crippen LogP contribution in [0.15, 0.2) is 33.3 Å². The quantitative estimate of drug-likeness (QED) is 0.646. The van der Waals surface area contributed by atoms with Crippen LogP contribution in [0, 0.1) is 0 Å². The van der Waals surface area contributed by atoms with Gasteiger partial charge in [0, 0.05) is 17.4 Å². The van der Waals surface area contributed by atoms with Crippen LogP contribution in [0.25, 0.3) is 11.4 Å². The molecule has 0 spiro atoms. The number of benzene rings is 1. The van der Waals surface area contributed by atoms with E-state index in [9.17, 15) is 0 Å². The fraction of sp³-hybridized carbons (Fsp3) is 0.474. The van der Waals surface area contributed by atoms with E-state index in [1.807, 2.05) is 24.3 Å². The van der Waals surface area contributed by atoms with Crippen LogP contribution in [0.5, 0.6) is 0 Å². The largest absolute Gasteiger partial charge is 0.339 e. The molecular weight excluding hydrogens is 366 g/mol. The number of piperidine rings is 1. The van der Waals surface area contributed by atoms with E-state index in [2.05, 4.69) is 39.0 Å². The minimum absolute atomic E-state index is 0.285. The molecular formula is C19H22ClN5O2. The third-order valence-electron chi connectivity index (χ3n) is 4.85. The average molecular weight is 388 g/mol. The van der Waals surface area contributed by atoms with Crippen molar-refractivity contribution in [3.63, 3.8) is 0 Å². The van der Waals surface area contributed by atoms with Crippen molar-refractivity contribution in [2.24, 2.45) is 0 Å². The summed E-state index contributed by atoms with van der Waals surface area (Å²) in [6, 6.07) is 7.49. The Bertz CT molecular complexity index is 899. The second kappa shape index (κ2) is 7.78. The summed E-state index contributed by atoms with van der Waals surface area (Å²) in [5.74, 6) is 3.28. The van der Waals surface area contributed by atoms with Crippen molar-refractivity contribution in [1.82, 2.24) is 25.2 Å². The minimum atomic E-state index is 0.285. The van der Waals surface area contributed by atoms with E-state index in [1.54, 1.807) is 0 Å². The van der Waals surface area contributed by atoms with Gasteiger partial charge in [-0.05, 0) is 38.1 Å². The van der Waals surface area contributed by atoms with Crippen LogP contribution >= 0.6 is 11.6 Å². The van der Waals surface area contributed by atoms with Gasteiger partial charge in [0.2, 0.25) is 17.6 Å². The van der Waals surface area contributed by atoms with Gasteiger partial charge < -0.3 is 9.05 Å². The van der Waals surface area contributed by atoms with Crippen LogP contribution in [0.4, 0.5) is 0 Å². The van der Waals surface area contributed by atoms with E-state index in [-0.39, 0.29) is 5.92 Å². The Kier molecular flexibility index (Phi) is 5.22. The van der Waals surface area contributed by atoms with Crippen molar-refractivity contribution in [2.45, 2.75) is 45.1 Å². The number of likely N-dealkylation sites (tertiary alicyclic amines) is 1. The zero-order chi connectivity index (χ0) is 18.8. The van der Waals surface area contributed by atoms with Gasteiger partial charge in [-0.15, -0.1) is 0 Å². The van der Waals surface area contributed by atoms with Crippen LogP contribution in [0.2, 0.25) is 5.02 Å². The molecule has 2 aromatic heterocycles. The van der Waals surface area contributed by atoms with Gasteiger partial charge in [-0.2, -0.15) is 9.97 Å². The third kappa shape index (κ3) is 4.04. The Hall–Kier alpha value is -2.25. The summed E-state index contributed by atoms with van der Waals surface area (Å²) < 4.78 is 10.9. The summed E-state index contributed by atoms with van der Waals surface area (Å²) in [6.45, 7) is 6.62. The van der Waals surface area contributed by atoms with Crippen LogP contribution < -0.4 is 0 Å². The molecule has 8 heteroatoms. The molecule has 3 heterocycles. The first kappa shape index (κ1) is 18.1. The van der Waals surface area contributed by atoms with Gasteiger partial charge in [0.15, 0.2) is 5.82 Å². The van der Waals surface area contributed by atoms with Crippen molar-refractivity contribution in [3.05, 3.63) is 46.9 Å². The molecule has 3 aromatic rings. The molecule has 0 unspecified atom stereocenters. The minimum Gasteiger partial charge on any atom is -0.339 e. The second-order valence-electron chi connectivity index (χ2n) is 7.19. The number of aromatic nitrogens is 4. The zero-order valence-electron chi connectivity index (χ0n) is 15.4. The fourth-order valence-electron chi connectivity index (χ4n) is 3.25. The molecule has 142 valence electrons. The van der Waals surface area contributed by atoms with Gasteiger partial charge in [0.25, 0.3) is 0 Å². The predicted octanol–water partition coefficient (Wildman–Crippen LogP) is 4.28. The van der Waals surface area contributed by atoms with E-state index in [1.165, 1.54) is 0 Å². The molecule has 0 amide bonds. The Balaban J connectivity index is 1.35. The molecule has 0 radical (unpaired) electrons. The van der Waals surface area contributed by atoms with Crippen molar-refractivity contribution in [2.75, 3.05) is 13.1 Å². The van der Waals surface area contributed by atoms with Crippen LogP contribution in [0.3, 0.4) is 0 Å². The summed E-state index contributed by atoms with van der Waals surface area (Å²) in [7, 11) is 0. The number of rotatable bonds is 5. The summed E-state index contributed by atoms with van der Waals surface area (Å²) >= 11 is 6.20. The maximum atomic E-state index is 6.20. The van der Waals surface area contributed by atoms with E-state index in [0.717, 1.165) is 43.2 Å². The number of hydrogen-bond acceptors (Lipinski definition) is 7. The molecule has 1 fully saturated rings. The molecule has 0 aliphatic carbocycles. The highest BCUT2D eigenvalue weighted by Crippen LogP contribution is 2.29. The first-order valence-corrected chi connectivity index (χ1v) is 9.61. The van der Waals surface area contributed by atoms with E-state index in [0.29, 0.717) is 29.2 Å². The number of hydrogen-bond donors (Lipinski definition) is 0. The van der Waals surface area contributed by atoms with Gasteiger partial charge in [-0.3, -0.25) is 4.90 Å². The molecule has 0 bridgehead atoms. The summed E-state index contributed by atoms with van der Waals surface area (Å²) in [5, 5.41) is 8.75. The van der Waals surface area contributed by atoms with Crippen molar-refractivity contribution < 1.29 is 9.05 Å². The first-order valence-electron chi connectivity index (χ1n) is 9.23. The lowest BCUT2D eigenvalue weighted by atomic mass is 9.97. The maximum absolute atomic E-state index is 6.20. The molecule has 1 aliphatic heterocycles. The van der Waals surface area contributed by atoms with Gasteiger partial charge in [0.1, 0.15) is 0 Å². The fourth-order valence-corrected chi connectivity index (χ4v) is 3.47. The summed E-state index contributed by atoms with van der Waals surface area (Å²) in [6.07, 6.45) is 1.95. The van der Waals surface area contributed by atoms with Crippen molar-refractivity contribution in [3.8, 4) is 11.4 Å². The average Bonchev–Trinajstić information content (AvgIpc) is 3.33. The number of halogens is 1. The van der Waals surface area contributed by atoms with Gasteiger partial charge >= 0.3 is 0 Å². The molecule has 7 nitrogen and oxygen atoms in total. The Morgan fingerprint density at radius 2 is 1.89 bits per heavy atom. The smallest absolute Gasteiger partial charge is 0.241 e. The second-order valence-corrected chi connectivity index (χ2v) is 7.59. The normalized spacial score (nSPS) is 16.3. The monoisotopic (exact) mass is 387 g/mol. The summed E-state index contributed by atoms with van der Waals surface area (Å²) in [4.78, 5) is 11.3. The maximum Gasteiger partial charge on any atom is 0.241 e. The van der Waals surface area contributed by atoms with Gasteiger partial charge in [-0.25, -0.2) is 0 Å². The lowest BCUT2D eigenvalue weighted by Crippen LogP contribution is -2.32. The molecule has 0 saturated carbocycles. The SMILES string of the molecule is CC(C)c1noc(C2CCN(Cc3nc(-c4ccccc4Cl)no3)CC2)n1.